The third kappa shape index (κ3) is 6.43. The van der Waals surface area contributed by atoms with E-state index in [0.29, 0.717) is 31.9 Å². The Morgan fingerprint density at radius 3 is 2.74 bits per heavy atom. The largest absolute Gasteiger partial charge is 0.382 e. The minimum absolute atomic E-state index is 0.232. The van der Waals surface area contributed by atoms with Crippen molar-refractivity contribution < 1.29 is 9.53 Å². The molecule has 0 aliphatic rings. The first kappa shape index (κ1) is 15.0. The highest BCUT2D eigenvalue weighted by molar-refractivity contribution is 5.89. The number of nitriles is 1. The number of anilines is 1. The standard InChI is InChI=1S/C14H19N3O2/c1-2-19-11-3-10-16-14(18)17-13-6-4-12(5-7-13)8-9-15/h4-7H,2-3,8,10-11H2,1H3,(H2,16,17,18). The number of nitrogens with one attached hydrogen (secondary N) is 2. The first-order valence-corrected chi connectivity index (χ1v) is 6.34. The highest BCUT2D eigenvalue weighted by Gasteiger charge is 2.00. The molecule has 0 bridgehead atoms. The van der Waals surface area contributed by atoms with Crippen LogP contribution in [0.4, 0.5) is 10.5 Å². The van der Waals surface area contributed by atoms with E-state index in [1.165, 1.54) is 0 Å². The van der Waals surface area contributed by atoms with Gasteiger partial charge in [-0.25, -0.2) is 4.79 Å². The molecule has 0 aromatic heterocycles. The van der Waals surface area contributed by atoms with Crippen LogP contribution < -0.4 is 10.6 Å². The Labute approximate surface area is 113 Å². The molecule has 1 rings (SSSR count). The van der Waals surface area contributed by atoms with Crippen molar-refractivity contribution in [1.29, 1.82) is 5.26 Å². The van der Waals surface area contributed by atoms with Crippen molar-refractivity contribution in [1.82, 2.24) is 5.32 Å². The van der Waals surface area contributed by atoms with Crippen LogP contribution >= 0.6 is 0 Å². The van der Waals surface area contributed by atoms with Crippen molar-refractivity contribution in [3.05, 3.63) is 29.8 Å². The minimum atomic E-state index is -0.232. The fourth-order valence-corrected chi connectivity index (χ4v) is 1.49. The van der Waals surface area contributed by atoms with E-state index >= 15 is 0 Å². The van der Waals surface area contributed by atoms with Gasteiger partial charge in [-0.1, -0.05) is 12.1 Å². The number of rotatable bonds is 7. The molecular formula is C14H19N3O2. The molecule has 5 heteroatoms. The third-order valence-electron chi connectivity index (χ3n) is 2.45. The van der Waals surface area contributed by atoms with Gasteiger partial charge in [0.2, 0.25) is 0 Å². The van der Waals surface area contributed by atoms with Crippen molar-refractivity contribution in [3.63, 3.8) is 0 Å². The molecule has 2 N–H and O–H groups in total. The second-order valence-corrected chi connectivity index (χ2v) is 3.96. The Balaban J connectivity index is 2.26. The first-order chi connectivity index (χ1) is 9.26. The van der Waals surface area contributed by atoms with Crippen molar-refractivity contribution in [3.8, 4) is 6.07 Å². The lowest BCUT2D eigenvalue weighted by Crippen LogP contribution is -2.30. The average molecular weight is 261 g/mol. The Kier molecular flexibility index (Phi) is 7.06. The molecule has 0 saturated heterocycles. The molecule has 19 heavy (non-hydrogen) atoms. The summed E-state index contributed by atoms with van der Waals surface area (Å²) in [5.41, 5.74) is 1.65. The van der Waals surface area contributed by atoms with Crippen LogP contribution in [0.1, 0.15) is 18.9 Å². The minimum Gasteiger partial charge on any atom is -0.382 e. The van der Waals surface area contributed by atoms with Crippen LogP contribution in [0.2, 0.25) is 0 Å². The summed E-state index contributed by atoms with van der Waals surface area (Å²) in [4.78, 5) is 11.5. The number of urea groups is 1. The number of hydrogen-bond acceptors (Lipinski definition) is 3. The summed E-state index contributed by atoms with van der Waals surface area (Å²) in [6, 6.07) is 9.07. The van der Waals surface area contributed by atoms with Crippen LogP contribution in [-0.2, 0) is 11.2 Å². The van der Waals surface area contributed by atoms with Crippen LogP contribution in [0.5, 0.6) is 0 Å². The van der Waals surface area contributed by atoms with Crippen molar-refractivity contribution in [2.45, 2.75) is 19.8 Å². The Hall–Kier alpha value is -2.06. The van der Waals surface area contributed by atoms with Crippen LogP contribution in [0.25, 0.3) is 0 Å². The normalized spacial score (nSPS) is 9.68. The van der Waals surface area contributed by atoms with E-state index in [2.05, 4.69) is 16.7 Å². The third-order valence-corrected chi connectivity index (χ3v) is 2.45. The summed E-state index contributed by atoms with van der Waals surface area (Å²) >= 11 is 0. The van der Waals surface area contributed by atoms with Crippen molar-refractivity contribution in [2.24, 2.45) is 0 Å². The van der Waals surface area contributed by atoms with E-state index in [1.54, 1.807) is 12.1 Å². The molecule has 1 aromatic rings. The number of carbonyl (C=O) groups is 1. The molecule has 2 amide bonds. The maximum atomic E-state index is 11.5. The number of nitrogens with zero attached hydrogens (tertiary/aromatic N) is 1. The molecular weight excluding hydrogens is 242 g/mol. The molecule has 102 valence electrons. The number of ether oxygens (including phenoxy) is 1. The molecule has 0 atom stereocenters. The highest BCUT2D eigenvalue weighted by Crippen LogP contribution is 2.09. The monoisotopic (exact) mass is 261 g/mol. The Morgan fingerprint density at radius 1 is 1.37 bits per heavy atom. The lowest BCUT2D eigenvalue weighted by Gasteiger charge is -2.08. The van der Waals surface area contributed by atoms with Gasteiger partial charge in [0.25, 0.3) is 0 Å². The van der Waals surface area contributed by atoms with E-state index in [9.17, 15) is 4.79 Å². The quantitative estimate of drug-likeness (QED) is 0.739. The van der Waals surface area contributed by atoms with Crippen LogP contribution in [0, 0.1) is 11.3 Å². The lowest BCUT2D eigenvalue weighted by molar-refractivity contribution is 0.145. The maximum absolute atomic E-state index is 11.5. The SMILES string of the molecule is CCOCCCNC(=O)Nc1ccc(CC#N)cc1. The fraction of sp³-hybridized carbons (Fsp3) is 0.429. The van der Waals surface area contributed by atoms with Gasteiger partial charge in [-0.15, -0.1) is 0 Å². The molecule has 5 nitrogen and oxygen atoms in total. The molecule has 0 aliphatic heterocycles. The second kappa shape index (κ2) is 8.95. The van der Waals surface area contributed by atoms with Gasteiger partial charge in [0.15, 0.2) is 0 Å². The summed E-state index contributed by atoms with van der Waals surface area (Å²) in [6.07, 6.45) is 1.17. The topological polar surface area (TPSA) is 74.2 Å². The van der Waals surface area contributed by atoms with Gasteiger partial charge in [0.1, 0.15) is 0 Å². The van der Waals surface area contributed by atoms with Gasteiger partial charge in [-0.2, -0.15) is 5.26 Å². The van der Waals surface area contributed by atoms with Crippen molar-refractivity contribution >= 4 is 11.7 Å². The van der Waals surface area contributed by atoms with Gasteiger partial charge in [0.05, 0.1) is 12.5 Å². The smallest absolute Gasteiger partial charge is 0.319 e. The predicted molar refractivity (Wildman–Crippen MR) is 73.9 cm³/mol. The van der Waals surface area contributed by atoms with E-state index < -0.39 is 0 Å². The highest BCUT2D eigenvalue weighted by atomic mass is 16.5. The molecule has 0 saturated carbocycles. The van der Waals surface area contributed by atoms with Gasteiger partial charge in [-0.3, -0.25) is 0 Å². The van der Waals surface area contributed by atoms with Gasteiger partial charge in [-0.05, 0) is 31.0 Å². The zero-order chi connectivity index (χ0) is 13.9. The Morgan fingerprint density at radius 2 is 2.11 bits per heavy atom. The van der Waals surface area contributed by atoms with E-state index in [0.717, 1.165) is 12.0 Å². The predicted octanol–water partition coefficient (Wildman–Crippen LogP) is 2.30. The second-order valence-electron chi connectivity index (χ2n) is 3.96. The van der Waals surface area contributed by atoms with E-state index in [4.69, 9.17) is 10.00 Å². The molecule has 0 heterocycles. The molecule has 0 fully saturated rings. The van der Waals surface area contributed by atoms with E-state index in [1.807, 2.05) is 19.1 Å². The fourth-order valence-electron chi connectivity index (χ4n) is 1.49. The number of hydrogen-bond donors (Lipinski definition) is 2. The Bertz CT molecular complexity index is 423. The summed E-state index contributed by atoms with van der Waals surface area (Å²) in [5.74, 6) is 0. The molecule has 1 aromatic carbocycles. The van der Waals surface area contributed by atoms with E-state index in [-0.39, 0.29) is 6.03 Å². The first-order valence-electron chi connectivity index (χ1n) is 6.34. The van der Waals surface area contributed by atoms with Gasteiger partial charge < -0.3 is 15.4 Å². The number of carbonyl (C=O) groups excluding carboxylic acids is 1. The van der Waals surface area contributed by atoms with Gasteiger partial charge >= 0.3 is 6.03 Å². The number of amides is 2. The van der Waals surface area contributed by atoms with Crippen LogP contribution in [0.15, 0.2) is 24.3 Å². The molecule has 0 unspecified atom stereocenters. The van der Waals surface area contributed by atoms with Gasteiger partial charge in [0, 0.05) is 25.4 Å². The molecule has 0 radical (unpaired) electrons. The van der Waals surface area contributed by atoms with Crippen LogP contribution in [-0.4, -0.2) is 25.8 Å². The average Bonchev–Trinajstić information content (AvgIpc) is 2.41. The van der Waals surface area contributed by atoms with Crippen LogP contribution in [0.3, 0.4) is 0 Å². The summed E-state index contributed by atoms with van der Waals surface area (Å²) in [7, 11) is 0. The summed E-state index contributed by atoms with van der Waals surface area (Å²) in [5, 5.41) is 14.0. The van der Waals surface area contributed by atoms with Crippen molar-refractivity contribution in [2.75, 3.05) is 25.1 Å². The summed E-state index contributed by atoms with van der Waals surface area (Å²) < 4.78 is 5.17. The zero-order valence-corrected chi connectivity index (χ0v) is 11.1. The zero-order valence-electron chi connectivity index (χ0n) is 11.1. The maximum Gasteiger partial charge on any atom is 0.319 e. The lowest BCUT2D eigenvalue weighted by atomic mass is 10.1. The molecule has 0 aliphatic carbocycles. The summed E-state index contributed by atoms with van der Waals surface area (Å²) in [6.45, 7) is 3.87. The molecule has 0 spiro atoms. The number of benzene rings is 1.